The Hall–Kier alpha value is -1.97. The molecule has 0 saturated heterocycles. The van der Waals surface area contributed by atoms with Crippen molar-refractivity contribution in [2.24, 2.45) is 0 Å². The van der Waals surface area contributed by atoms with Gasteiger partial charge in [0, 0.05) is 12.1 Å². The van der Waals surface area contributed by atoms with E-state index in [0.717, 1.165) is 23.6 Å². The Labute approximate surface area is 99.7 Å². The summed E-state index contributed by atoms with van der Waals surface area (Å²) in [6.07, 6.45) is 0. The maximum absolute atomic E-state index is 13.1. The number of hydrogen-bond donors (Lipinski definition) is 1. The molecule has 0 aliphatic rings. The van der Waals surface area contributed by atoms with E-state index in [4.69, 9.17) is 0 Å². The summed E-state index contributed by atoms with van der Waals surface area (Å²) in [5.41, 5.74) is 2.23. The van der Waals surface area contributed by atoms with Crippen molar-refractivity contribution in [3.63, 3.8) is 0 Å². The van der Waals surface area contributed by atoms with Crippen molar-refractivity contribution in [1.29, 1.82) is 0 Å². The number of rotatable bonds is 3. The van der Waals surface area contributed by atoms with Gasteiger partial charge in [-0.3, -0.25) is 0 Å². The lowest BCUT2D eigenvalue weighted by atomic mass is 10.1. The maximum Gasteiger partial charge on any atom is 0.148 e. The standard InChI is InChI=1S/C13H14FN3/c1-3-15-13-7-6-12(16-17-13)10-4-5-11(14)9(2)8-10/h4-8H,3H2,1-2H3,(H,15,17). The predicted molar refractivity (Wildman–Crippen MR) is 66.3 cm³/mol. The average Bonchev–Trinajstić information content (AvgIpc) is 2.34. The van der Waals surface area contributed by atoms with Crippen molar-refractivity contribution in [3.8, 4) is 11.3 Å². The fourth-order valence-electron chi connectivity index (χ4n) is 1.57. The summed E-state index contributed by atoms with van der Waals surface area (Å²) in [5.74, 6) is 0.543. The molecule has 0 fully saturated rings. The van der Waals surface area contributed by atoms with Crippen LogP contribution in [0, 0.1) is 12.7 Å². The molecule has 1 N–H and O–H groups in total. The van der Waals surface area contributed by atoms with Crippen LogP contribution in [0.4, 0.5) is 10.2 Å². The third kappa shape index (κ3) is 2.58. The molecule has 0 saturated carbocycles. The molecule has 1 heterocycles. The second-order valence-electron chi connectivity index (χ2n) is 3.80. The lowest BCUT2D eigenvalue weighted by molar-refractivity contribution is 0.618. The van der Waals surface area contributed by atoms with Crippen molar-refractivity contribution in [1.82, 2.24) is 10.2 Å². The molecule has 0 amide bonds. The highest BCUT2D eigenvalue weighted by molar-refractivity contribution is 5.60. The van der Waals surface area contributed by atoms with Crippen LogP contribution in [0.3, 0.4) is 0 Å². The number of nitrogens with one attached hydrogen (secondary N) is 1. The largest absolute Gasteiger partial charge is 0.369 e. The van der Waals surface area contributed by atoms with E-state index in [-0.39, 0.29) is 5.82 Å². The van der Waals surface area contributed by atoms with Gasteiger partial charge in [0.2, 0.25) is 0 Å². The molecule has 0 aliphatic heterocycles. The molecule has 0 aliphatic carbocycles. The molecule has 2 rings (SSSR count). The van der Waals surface area contributed by atoms with Gasteiger partial charge in [-0.1, -0.05) is 0 Å². The number of aryl methyl sites for hydroxylation is 1. The SMILES string of the molecule is CCNc1ccc(-c2ccc(F)c(C)c2)nn1. The summed E-state index contributed by atoms with van der Waals surface area (Å²) in [6, 6.07) is 8.66. The smallest absolute Gasteiger partial charge is 0.148 e. The Morgan fingerprint density at radius 3 is 2.59 bits per heavy atom. The highest BCUT2D eigenvalue weighted by atomic mass is 19.1. The lowest BCUT2D eigenvalue weighted by Gasteiger charge is -2.04. The summed E-state index contributed by atoms with van der Waals surface area (Å²) < 4.78 is 13.1. The molecule has 0 spiro atoms. The van der Waals surface area contributed by atoms with E-state index in [1.54, 1.807) is 19.1 Å². The number of nitrogens with zero attached hydrogens (tertiary/aromatic N) is 2. The van der Waals surface area contributed by atoms with Gasteiger partial charge in [-0.2, -0.15) is 0 Å². The Morgan fingerprint density at radius 1 is 1.18 bits per heavy atom. The second-order valence-corrected chi connectivity index (χ2v) is 3.80. The van der Waals surface area contributed by atoms with Crippen LogP contribution in [-0.4, -0.2) is 16.7 Å². The van der Waals surface area contributed by atoms with Crippen LogP contribution in [0.2, 0.25) is 0 Å². The monoisotopic (exact) mass is 231 g/mol. The Balaban J connectivity index is 2.30. The summed E-state index contributed by atoms with van der Waals surface area (Å²) in [7, 11) is 0. The van der Waals surface area contributed by atoms with Crippen LogP contribution in [0.1, 0.15) is 12.5 Å². The van der Waals surface area contributed by atoms with Gasteiger partial charge in [-0.25, -0.2) is 4.39 Å². The first-order chi connectivity index (χ1) is 8.20. The molecule has 1 aromatic carbocycles. The number of aromatic nitrogens is 2. The zero-order chi connectivity index (χ0) is 12.3. The fourth-order valence-corrected chi connectivity index (χ4v) is 1.57. The first-order valence-electron chi connectivity index (χ1n) is 5.55. The predicted octanol–water partition coefficient (Wildman–Crippen LogP) is 3.02. The highest BCUT2D eigenvalue weighted by Gasteiger charge is 2.03. The molecule has 17 heavy (non-hydrogen) atoms. The van der Waals surface area contributed by atoms with E-state index in [0.29, 0.717) is 5.56 Å². The molecule has 0 atom stereocenters. The van der Waals surface area contributed by atoms with Crippen LogP contribution < -0.4 is 5.32 Å². The molecule has 0 radical (unpaired) electrons. The van der Waals surface area contributed by atoms with Gasteiger partial charge in [0.1, 0.15) is 11.6 Å². The first kappa shape index (κ1) is 11.5. The topological polar surface area (TPSA) is 37.8 Å². The van der Waals surface area contributed by atoms with Gasteiger partial charge in [-0.05, 0) is 49.7 Å². The number of benzene rings is 1. The number of anilines is 1. The maximum atomic E-state index is 13.1. The molecule has 88 valence electrons. The van der Waals surface area contributed by atoms with Crippen molar-refractivity contribution < 1.29 is 4.39 Å². The van der Waals surface area contributed by atoms with Crippen LogP contribution in [0.15, 0.2) is 30.3 Å². The van der Waals surface area contributed by atoms with Crippen molar-refractivity contribution in [2.75, 3.05) is 11.9 Å². The third-order valence-corrected chi connectivity index (χ3v) is 2.48. The zero-order valence-electron chi connectivity index (χ0n) is 9.87. The van der Waals surface area contributed by atoms with E-state index in [1.807, 2.05) is 19.1 Å². The van der Waals surface area contributed by atoms with Crippen LogP contribution in [0.25, 0.3) is 11.3 Å². The molecule has 2 aromatic rings. The molecule has 4 heteroatoms. The number of hydrogen-bond acceptors (Lipinski definition) is 3. The fraction of sp³-hybridized carbons (Fsp3) is 0.231. The summed E-state index contributed by atoms with van der Waals surface area (Å²) in [4.78, 5) is 0. The minimum atomic E-state index is -0.203. The highest BCUT2D eigenvalue weighted by Crippen LogP contribution is 2.19. The molecular weight excluding hydrogens is 217 g/mol. The Kier molecular flexibility index (Phi) is 3.32. The quantitative estimate of drug-likeness (QED) is 0.882. The van der Waals surface area contributed by atoms with Crippen LogP contribution in [-0.2, 0) is 0 Å². The van der Waals surface area contributed by atoms with E-state index in [9.17, 15) is 4.39 Å². The van der Waals surface area contributed by atoms with E-state index in [2.05, 4.69) is 15.5 Å². The molecule has 0 bridgehead atoms. The number of halogens is 1. The summed E-state index contributed by atoms with van der Waals surface area (Å²) in [6.45, 7) is 4.54. The van der Waals surface area contributed by atoms with Gasteiger partial charge in [0.05, 0.1) is 5.69 Å². The Morgan fingerprint density at radius 2 is 2.00 bits per heavy atom. The van der Waals surface area contributed by atoms with Crippen molar-refractivity contribution in [3.05, 3.63) is 41.7 Å². The minimum Gasteiger partial charge on any atom is -0.369 e. The molecular formula is C13H14FN3. The van der Waals surface area contributed by atoms with Crippen molar-refractivity contribution in [2.45, 2.75) is 13.8 Å². The average molecular weight is 231 g/mol. The summed E-state index contributed by atoms with van der Waals surface area (Å²) in [5, 5.41) is 11.2. The van der Waals surface area contributed by atoms with Crippen LogP contribution in [0.5, 0.6) is 0 Å². The van der Waals surface area contributed by atoms with E-state index in [1.165, 1.54) is 6.07 Å². The van der Waals surface area contributed by atoms with Crippen molar-refractivity contribution >= 4 is 5.82 Å². The molecule has 0 unspecified atom stereocenters. The van der Waals surface area contributed by atoms with Crippen LogP contribution >= 0.6 is 0 Å². The van der Waals surface area contributed by atoms with Gasteiger partial charge in [0.25, 0.3) is 0 Å². The van der Waals surface area contributed by atoms with Gasteiger partial charge >= 0.3 is 0 Å². The van der Waals surface area contributed by atoms with Gasteiger partial charge in [-0.15, -0.1) is 10.2 Å². The molecule has 1 aromatic heterocycles. The second kappa shape index (κ2) is 4.91. The Bertz CT molecular complexity index is 509. The summed E-state index contributed by atoms with van der Waals surface area (Å²) >= 11 is 0. The lowest BCUT2D eigenvalue weighted by Crippen LogP contribution is -2.00. The van der Waals surface area contributed by atoms with Gasteiger partial charge in [0.15, 0.2) is 0 Å². The third-order valence-electron chi connectivity index (χ3n) is 2.48. The minimum absolute atomic E-state index is 0.203. The zero-order valence-corrected chi connectivity index (χ0v) is 9.87. The van der Waals surface area contributed by atoms with E-state index < -0.39 is 0 Å². The molecule has 3 nitrogen and oxygen atoms in total. The van der Waals surface area contributed by atoms with E-state index >= 15 is 0 Å². The normalized spacial score (nSPS) is 10.3. The first-order valence-corrected chi connectivity index (χ1v) is 5.55. The van der Waals surface area contributed by atoms with Gasteiger partial charge < -0.3 is 5.32 Å².